The predicted octanol–water partition coefficient (Wildman–Crippen LogP) is 12.9. The minimum absolute atomic E-state index is 0.144. The van der Waals surface area contributed by atoms with Crippen molar-refractivity contribution in [3.8, 4) is 17.1 Å². The van der Waals surface area contributed by atoms with E-state index in [0.717, 1.165) is 53.6 Å². The lowest BCUT2D eigenvalue weighted by Crippen LogP contribution is -2.74. The van der Waals surface area contributed by atoms with Gasteiger partial charge < -0.3 is 14.6 Å². The summed E-state index contributed by atoms with van der Waals surface area (Å²) in [4.78, 5) is 8.42. The molecule has 0 radical (unpaired) electrons. The van der Waals surface area contributed by atoms with Crippen LogP contribution in [0.2, 0.25) is 0 Å². The van der Waals surface area contributed by atoms with E-state index in [1.54, 1.807) is 12.4 Å². The van der Waals surface area contributed by atoms with E-state index in [-0.39, 0.29) is 11.6 Å². The molecule has 0 saturated heterocycles. The summed E-state index contributed by atoms with van der Waals surface area (Å²) < 4.78 is 378. The molecule has 1 aromatic carbocycles. The van der Waals surface area contributed by atoms with Crippen LogP contribution >= 0.6 is 0 Å². The first-order valence-corrected chi connectivity index (χ1v) is 18.6. The maximum absolute atomic E-state index is 14.2. The Bertz CT molecular complexity index is 1950. The minimum atomic E-state index is -9.29. The third-order valence-corrected chi connectivity index (χ3v) is 9.04. The zero-order valence-electron chi connectivity index (χ0n) is 33.8. The summed E-state index contributed by atoms with van der Waals surface area (Å²) in [6.45, 7) is -4.12. The highest BCUT2D eigenvalue weighted by atomic mass is 19.4. The van der Waals surface area contributed by atoms with Gasteiger partial charge in [-0.05, 0) is 42.7 Å². The Hall–Kier alpha value is -3.95. The smallest absolute Gasteiger partial charge is 0.460 e. The average molecular weight is 1070 g/mol. The Balaban J connectivity index is 2.16. The molecular formula is C35H31F27N2O5. The van der Waals surface area contributed by atoms with Crippen molar-refractivity contribution >= 4 is 0 Å². The van der Waals surface area contributed by atoms with Gasteiger partial charge in [-0.2, -0.15) is 119 Å². The van der Waals surface area contributed by atoms with E-state index in [4.69, 9.17) is 4.74 Å². The Labute approximate surface area is 368 Å². The number of rotatable bonds is 28. The highest BCUT2D eigenvalue weighted by Gasteiger charge is 2.94. The summed E-state index contributed by atoms with van der Waals surface area (Å²) in [7, 11) is 0. The summed E-state index contributed by atoms with van der Waals surface area (Å²) in [6, 6.07) is 5.11. The number of halogens is 27. The lowest BCUT2D eigenvalue weighted by molar-refractivity contribution is -0.559. The summed E-state index contributed by atoms with van der Waals surface area (Å²) >= 11 is 0. The van der Waals surface area contributed by atoms with Gasteiger partial charge in [-0.1, -0.05) is 39.0 Å². The van der Waals surface area contributed by atoms with Gasteiger partial charge in [-0.3, -0.25) is 0 Å². The average Bonchev–Trinajstić information content (AvgIpc) is 3.20. The van der Waals surface area contributed by atoms with Crippen molar-refractivity contribution in [2.75, 3.05) is 19.8 Å². The normalized spacial score (nSPS) is 15.4. The fourth-order valence-corrected chi connectivity index (χ4v) is 5.03. The maximum Gasteiger partial charge on any atom is 0.460 e. The van der Waals surface area contributed by atoms with Crippen molar-refractivity contribution in [2.24, 2.45) is 0 Å². The van der Waals surface area contributed by atoms with Crippen LogP contribution in [0.25, 0.3) is 11.4 Å². The molecule has 69 heavy (non-hydrogen) atoms. The van der Waals surface area contributed by atoms with Crippen molar-refractivity contribution in [1.29, 1.82) is 0 Å². The summed E-state index contributed by atoms with van der Waals surface area (Å²) in [6.07, 6.45) is -34.5. The van der Waals surface area contributed by atoms with Gasteiger partial charge in [0, 0.05) is 18.0 Å². The SMILES string of the molecule is CCCCCCCCc1cnc(-c2ccc(OCC(O)COCC(F)(F)C(F)(F)C(F)(F)C(F)(F)C(F)(F)C(F)(F)C(F)(F)OC(F)(F)C(F)(F)OC(F)(F)C(F)(F)C(F)(F)C(F)(F)F)cc2)nc1. The number of aryl methyl sites for hydroxylation is 1. The topological polar surface area (TPSA) is 82.9 Å². The second-order valence-electron chi connectivity index (χ2n) is 14.4. The van der Waals surface area contributed by atoms with Gasteiger partial charge in [0.25, 0.3) is 0 Å². The Morgan fingerprint density at radius 1 is 0.478 bits per heavy atom. The van der Waals surface area contributed by atoms with Gasteiger partial charge in [0.05, 0.1) is 6.61 Å². The molecule has 0 saturated carbocycles. The van der Waals surface area contributed by atoms with E-state index >= 15 is 0 Å². The minimum Gasteiger partial charge on any atom is -0.491 e. The van der Waals surface area contributed by atoms with Gasteiger partial charge in [0.2, 0.25) is 0 Å². The summed E-state index contributed by atoms with van der Waals surface area (Å²) in [5, 5.41) is 9.84. The van der Waals surface area contributed by atoms with Crippen LogP contribution in [-0.2, 0) is 20.6 Å². The van der Waals surface area contributed by atoms with E-state index in [1.165, 1.54) is 24.3 Å². The molecule has 0 aliphatic carbocycles. The van der Waals surface area contributed by atoms with Gasteiger partial charge in [-0.25, -0.2) is 19.4 Å². The van der Waals surface area contributed by atoms with Gasteiger partial charge in [-0.15, -0.1) is 0 Å². The third kappa shape index (κ3) is 12.2. The second-order valence-corrected chi connectivity index (χ2v) is 14.4. The Kier molecular flexibility index (Phi) is 18.3. The lowest BCUT2D eigenvalue weighted by Gasteiger charge is -2.43. The molecule has 0 spiro atoms. The number of aliphatic hydroxyl groups excluding tert-OH is 1. The molecule has 0 bridgehead atoms. The number of ether oxygens (including phenoxy) is 4. The highest BCUT2D eigenvalue weighted by molar-refractivity contribution is 5.55. The number of hydrogen-bond acceptors (Lipinski definition) is 7. The van der Waals surface area contributed by atoms with E-state index in [2.05, 4.69) is 21.6 Å². The van der Waals surface area contributed by atoms with Crippen molar-refractivity contribution in [3.05, 3.63) is 42.2 Å². The zero-order valence-corrected chi connectivity index (χ0v) is 33.8. The standard InChI is InChI=1S/C35H31F27N2O5/c1-2-3-4-5-6-7-8-18-13-63-22(64-14-18)19-9-11-21(12-10-19)67-16-20(65)15-66-17-23(36,37)24(38,39)25(40,41)26(42,43)27(44,45)29(48,49)32(55,56)68-34(59,60)35(61,62)69-33(57,58)30(50,51)28(46,47)31(52,53)54/h9-14,20,65H,2-8,15-17H2,1H3. The van der Waals surface area contributed by atoms with Crippen LogP contribution in [0.5, 0.6) is 5.75 Å². The van der Waals surface area contributed by atoms with Crippen LogP contribution < -0.4 is 4.74 Å². The number of unbranched alkanes of at least 4 members (excludes halogenated alkanes) is 5. The van der Waals surface area contributed by atoms with Gasteiger partial charge >= 0.3 is 78.0 Å². The van der Waals surface area contributed by atoms with Crippen LogP contribution in [0.15, 0.2) is 36.7 Å². The van der Waals surface area contributed by atoms with E-state index in [1.807, 2.05) is 0 Å². The molecule has 0 amide bonds. The lowest BCUT2D eigenvalue weighted by atomic mass is 9.91. The van der Waals surface area contributed by atoms with Crippen molar-refractivity contribution in [1.82, 2.24) is 9.97 Å². The molecule has 2 rings (SSSR count). The molecule has 1 atom stereocenters. The number of aliphatic hydroxyl groups is 1. The van der Waals surface area contributed by atoms with Crippen LogP contribution in [-0.4, -0.2) is 119 Å². The molecule has 400 valence electrons. The molecule has 0 fully saturated rings. The quantitative estimate of drug-likeness (QED) is 0.0671. The predicted molar refractivity (Wildman–Crippen MR) is 174 cm³/mol. The van der Waals surface area contributed by atoms with Crippen molar-refractivity contribution in [3.63, 3.8) is 0 Å². The summed E-state index contributed by atoms with van der Waals surface area (Å²) in [5.74, 6) is -68.6. The molecular weight excluding hydrogens is 1040 g/mol. The third-order valence-electron chi connectivity index (χ3n) is 9.04. The largest absolute Gasteiger partial charge is 0.491 e. The zero-order chi connectivity index (χ0) is 53.9. The molecule has 1 aromatic heterocycles. The van der Waals surface area contributed by atoms with Crippen LogP contribution in [0.1, 0.15) is 51.0 Å². The highest BCUT2D eigenvalue weighted by Crippen LogP contribution is 2.63. The van der Waals surface area contributed by atoms with Gasteiger partial charge in [0.1, 0.15) is 25.1 Å². The number of hydrogen-bond donors (Lipinski definition) is 1. The van der Waals surface area contributed by atoms with E-state index < -0.39 is 104 Å². The molecule has 7 nitrogen and oxygen atoms in total. The second kappa shape index (κ2) is 20.6. The number of benzene rings is 1. The summed E-state index contributed by atoms with van der Waals surface area (Å²) in [5.41, 5.74) is 1.23. The first-order valence-electron chi connectivity index (χ1n) is 18.6. The molecule has 0 aliphatic heterocycles. The molecule has 2 aromatic rings. The van der Waals surface area contributed by atoms with Crippen molar-refractivity contribution < 1.29 is 143 Å². The van der Waals surface area contributed by atoms with Crippen LogP contribution in [0.4, 0.5) is 119 Å². The van der Waals surface area contributed by atoms with Crippen molar-refractivity contribution in [2.45, 2.75) is 136 Å². The molecule has 0 aliphatic rings. The first-order chi connectivity index (χ1) is 30.8. The van der Waals surface area contributed by atoms with Crippen LogP contribution in [0.3, 0.4) is 0 Å². The molecule has 34 heteroatoms. The molecule has 1 N–H and O–H groups in total. The fourth-order valence-electron chi connectivity index (χ4n) is 5.03. The number of aromatic nitrogens is 2. The molecule has 1 heterocycles. The van der Waals surface area contributed by atoms with Gasteiger partial charge in [0.15, 0.2) is 5.82 Å². The maximum atomic E-state index is 14.2. The van der Waals surface area contributed by atoms with E-state index in [9.17, 15) is 124 Å². The molecule has 1 unspecified atom stereocenters. The Morgan fingerprint density at radius 3 is 1.33 bits per heavy atom. The number of nitrogens with zero attached hydrogens (tertiary/aromatic N) is 2. The van der Waals surface area contributed by atoms with Crippen LogP contribution in [0, 0.1) is 0 Å². The fraction of sp³-hybridized carbons (Fsp3) is 0.714. The number of alkyl halides is 27. The monoisotopic (exact) mass is 1070 g/mol. The first kappa shape index (κ1) is 61.2. The van der Waals surface area contributed by atoms with E-state index in [0.29, 0.717) is 12.0 Å². The Morgan fingerprint density at radius 2 is 0.884 bits per heavy atom.